The minimum Gasteiger partial charge on any atom is -0.351 e. The molecule has 0 heterocycles. The van der Waals surface area contributed by atoms with Gasteiger partial charge in [-0.3, -0.25) is 4.79 Å². The Morgan fingerprint density at radius 1 is 1.06 bits per heavy atom. The standard InChI is InChI=1S/C23H31N3O3S2/c1-26(2)18-21-12-8-7-11-20(21)17-24-23(27)22(13-15-30-3)25-31(28,29)16-14-19-9-5-4-6-10-19/h4-12,14,16,22,25H,13,15,17-18H2,1-3H3,(H,24,27). The molecule has 0 saturated heterocycles. The van der Waals surface area contributed by atoms with Crippen molar-refractivity contribution in [2.24, 2.45) is 0 Å². The molecule has 0 saturated carbocycles. The number of thioether (sulfide) groups is 1. The van der Waals surface area contributed by atoms with E-state index in [0.29, 0.717) is 18.7 Å². The Kier molecular flexibility index (Phi) is 10.3. The van der Waals surface area contributed by atoms with E-state index >= 15 is 0 Å². The summed E-state index contributed by atoms with van der Waals surface area (Å²) in [6.07, 6.45) is 3.85. The van der Waals surface area contributed by atoms with Crippen LogP contribution in [0.2, 0.25) is 0 Å². The smallest absolute Gasteiger partial charge is 0.238 e. The molecule has 6 nitrogen and oxygen atoms in total. The molecule has 0 bridgehead atoms. The van der Waals surface area contributed by atoms with Crippen molar-refractivity contribution in [2.75, 3.05) is 26.1 Å². The van der Waals surface area contributed by atoms with Crippen molar-refractivity contribution >= 4 is 33.8 Å². The summed E-state index contributed by atoms with van der Waals surface area (Å²) in [6.45, 7) is 1.11. The highest BCUT2D eigenvalue weighted by atomic mass is 32.2. The molecular formula is C23H31N3O3S2. The number of nitrogens with one attached hydrogen (secondary N) is 2. The Morgan fingerprint density at radius 2 is 1.71 bits per heavy atom. The number of amides is 1. The molecule has 1 amide bonds. The zero-order valence-corrected chi connectivity index (χ0v) is 19.9. The van der Waals surface area contributed by atoms with Gasteiger partial charge >= 0.3 is 0 Å². The summed E-state index contributed by atoms with van der Waals surface area (Å²) in [5.74, 6) is 0.339. The number of sulfonamides is 1. The minimum atomic E-state index is -3.77. The number of nitrogens with zero attached hydrogens (tertiary/aromatic N) is 1. The molecule has 2 aromatic carbocycles. The maximum atomic E-state index is 12.8. The van der Waals surface area contributed by atoms with E-state index in [1.165, 1.54) is 6.08 Å². The topological polar surface area (TPSA) is 78.5 Å². The molecule has 1 atom stereocenters. The van der Waals surface area contributed by atoms with Crippen LogP contribution in [0, 0.1) is 0 Å². The maximum absolute atomic E-state index is 12.8. The van der Waals surface area contributed by atoms with Crippen molar-refractivity contribution in [3.05, 3.63) is 76.7 Å². The second-order valence-electron chi connectivity index (χ2n) is 7.43. The van der Waals surface area contributed by atoms with Gasteiger partial charge in [-0.2, -0.15) is 16.5 Å². The summed E-state index contributed by atoms with van der Waals surface area (Å²) in [7, 11) is 0.214. The molecule has 8 heteroatoms. The monoisotopic (exact) mass is 461 g/mol. The minimum absolute atomic E-state index is 0.328. The molecule has 0 aliphatic rings. The van der Waals surface area contributed by atoms with Gasteiger partial charge in [0.2, 0.25) is 15.9 Å². The normalized spacial score (nSPS) is 12.9. The van der Waals surface area contributed by atoms with Gasteiger partial charge in [-0.15, -0.1) is 0 Å². The van der Waals surface area contributed by atoms with Crippen LogP contribution in [0.1, 0.15) is 23.1 Å². The van der Waals surface area contributed by atoms with E-state index in [1.807, 2.05) is 74.9 Å². The van der Waals surface area contributed by atoms with Gasteiger partial charge in [0, 0.05) is 18.5 Å². The first-order valence-corrected chi connectivity index (χ1v) is 13.0. The van der Waals surface area contributed by atoms with Crippen LogP contribution in [-0.2, 0) is 27.9 Å². The zero-order chi connectivity index (χ0) is 22.7. The molecular weight excluding hydrogens is 430 g/mol. The highest BCUT2D eigenvalue weighted by Gasteiger charge is 2.23. The first-order chi connectivity index (χ1) is 14.8. The van der Waals surface area contributed by atoms with Crippen LogP contribution in [0.3, 0.4) is 0 Å². The summed E-state index contributed by atoms with van der Waals surface area (Å²) in [5.41, 5.74) is 2.91. The van der Waals surface area contributed by atoms with Gasteiger partial charge < -0.3 is 10.2 Å². The second kappa shape index (κ2) is 12.7. The molecule has 168 valence electrons. The van der Waals surface area contributed by atoms with Crippen LogP contribution < -0.4 is 10.0 Å². The fourth-order valence-corrected chi connectivity index (χ4v) is 4.49. The molecule has 2 aromatic rings. The average Bonchev–Trinajstić information content (AvgIpc) is 2.75. The van der Waals surface area contributed by atoms with E-state index in [1.54, 1.807) is 11.8 Å². The third kappa shape index (κ3) is 9.26. The molecule has 0 aliphatic carbocycles. The van der Waals surface area contributed by atoms with Gasteiger partial charge in [-0.05, 0) is 55.3 Å². The van der Waals surface area contributed by atoms with Crippen molar-refractivity contribution in [3.8, 4) is 0 Å². The van der Waals surface area contributed by atoms with E-state index < -0.39 is 16.1 Å². The van der Waals surface area contributed by atoms with Crippen LogP contribution in [0.25, 0.3) is 6.08 Å². The second-order valence-corrected chi connectivity index (χ2v) is 10.0. The summed E-state index contributed by atoms with van der Waals surface area (Å²) >= 11 is 1.57. The lowest BCUT2D eigenvalue weighted by molar-refractivity contribution is -0.122. The lowest BCUT2D eigenvalue weighted by atomic mass is 10.1. The van der Waals surface area contributed by atoms with Crippen LogP contribution in [0.15, 0.2) is 60.0 Å². The summed E-state index contributed by atoms with van der Waals surface area (Å²) in [6, 6.07) is 16.2. The molecule has 2 rings (SSSR count). The fraction of sp³-hybridized carbons (Fsp3) is 0.348. The van der Waals surface area contributed by atoms with E-state index in [2.05, 4.69) is 14.9 Å². The highest BCUT2D eigenvalue weighted by molar-refractivity contribution is 7.98. The molecule has 0 aromatic heterocycles. The number of benzene rings is 2. The average molecular weight is 462 g/mol. The Hall–Kier alpha value is -2.13. The van der Waals surface area contributed by atoms with E-state index in [9.17, 15) is 13.2 Å². The lowest BCUT2D eigenvalue weighted by Gasteiger charge is -2.19. The number of hydrogen-bond acceptors (Lipinski definition) is 5. The van der Waals surface area contributed by atoms with Crippen LogP contribution in [0.4, 0.5) is 0 Å². The van der Waals surface area contributed by atoms with Gasteiger partial charge in [0.25, 0.3) is 0 Å². The van der Waals surface area contributed by atoms with Gasteiger partial charge in [0.05, 0.1) is 0 Å². The van der Waals surface area contributed by atoms with E-state index in [0.717, 1.165) is 28.6 Å². The van der Waals surface area contributed by atoms with Gasteiger partial charge in [-0.1, -0.05) is 54.6 Å². The predicted octanol–water partition coefficient (Wildman–Crippen LogP) is 3.08. The Balaban J connectivity index is 2.06. The SMILES string of the molecule is CSCCC(NS(=O)(=O)C=Cc1ccccc1)C(=O)NCc1ccccc1CN(C)C. The fourth-order valence-electron chi connectivity index (χ4n) is 2.98. The van der Waals surface area contributed by atoms with Gasteiger partial charge in [0.1, 0.15) is 6.04 Å². The summed E-state index contributed by atoms with van der Waals surface area (Å²) in [4.78, 5) is 14.9. The van der Waals surface area contributed by atoms with Crippen molar-refractivity contribution in [1.29, 1.82) is 0 Å². The molecule has 0 spiro atoms. The Morgan fingerprint density at radius 3 is 2.35 bits per heavy atom. The number of carbonyl (C=O) groups excluding carboxylic acids is 1. The third-order valence-corrected chi connectivity index (χ3v) is 6.28. The zero-order valence-electron chi connectivity index (χ0n) is 18.2. The summed E-state index contributed by atoms with van der Waals surface area (Å²) < 4.78 is 27.6. The quantitative estimate of drug-likeness (QED) is 0.508. The predicted molar refractivity (Wildman–Crippen MR) is 130 cm³/mol. The lowest BCUT2D eigenvalue weighted by Crippen LogP contribution is -2.46. The van der Waals surface area contributed by atoms with Crippen molar-refractivity contribution in [2.45, 2.75) is 25.6 Å². The molecule has 1 unspecified atom stereocenters. The first kappa shape index (κ1) is 25.1. The highest BCUT2D eigenvalue weighted by Crippen LogP contribution is 2.11. The Bertz CT molecular complexity index is 961. The molecule has 2 N–H and O–H groups in total. The van der Waals surface area contributed by atoms with Crippen molar-refractivity contribution in [1.82, 2.24) is 14.9 Å². The maximum Gasteiger partial charge on any atom is 0.238 e. The summed E-state index contributed by atoms with van der Waals surface area (Å²) in [5, 5.41) is 4.01. The van der Waals surface area contributed by atoms with E-state index in [4.69, 9.17) is 0 Å². The van der Waals surface area contributed by atoms with Crippen molar-refractivity contribution in [3.63, 3.8) is 0 Å². The van der Waals surface area contributed by atoms with Gasteiger partial charge in [-0.25, -0.2) is 8.42 Å². The van der Waals surface area contributed by atoms with E-state index in [-0.39, 0.29) is 5.91 Å². The molecule has 0 radical (unpaired) electrons. The number of hydrogen-bond donors (Lipinski definition) is 2. The first-order valence-electron chi connectivity index (χ1n) is 10.0. The molecule has 0 fully saturated rings. The number of carbonyl (C=O) groups is 1. The van der Waals surface area contributed by atoms with Crippen LogP contribution in [-0.4, -0.2) is 51.4 Å². The van der Waals surface area contributed by atoms with Crippen LogP contribution in [0.5, 0.6) is 0 Å². The Labute approximate surface area is 190 Å². The largest absolute Gasteiger partial charge is 0.351 e. The molecule has 0 aliphatic heterocycles. The van der Waals surface area contributed by atoms with Gasteiger partial charge in [0.15, 0.2) is 0 Å². The van der Waals surface area contributed by atoms with Crippen molar-refractivity contribution < 1.29 is 13.2 Å². The number of rotatable bonds is 12. The molecule has 31 heavy (non-hydrogen) atoms. The third-order valence-electron chi connectivity index (χ3n) is 4.53. The van der Waals surface area contributed by atoms with Crippen LogP contribution >= 0.6 is 11.8 Å².